The Hall–Kier alpha value is -0.120. The Morgan fingerprint density at radius 1 is 1.28 bits per heavy atom. The smallest absolute Gasteiger partial charge is 0.0702 e. The van der Waals surface area contributed by atoms with E-state index >= 15 is 0 Å². The highest BCUT2D eigenvalue weighted by Crippen LogP contribution is 2.14. The second kappa shape index (κ2) is 8.89. The predicted octanol–water partition coefficient (Wildman–Crippen LogP) is 2.51. The van der Waals surface area contributed by atoms with E-state index in [9.17, 15) is 0 Å². The van der Waals surface area contributed by atoms with Gasteiger partial charge in [0.05, 0.1) is 6.10 Å². The minimum atomic E-state index is 0.467. The average Bonchev–Trinajstić information content (AvgIpc) is 2.35. The molecule has 1 fully saturated rings. The lowest BCUT2D eigenvalue weighted by atomic mass is 10.1. The number of hydrogen-bond donors (Lipinski definition) is 1. The second-order valence-electron chi connectivity index (χ2n) is 6.16. The zero-order valence-corrected chi connectivity index (χ0v) is 12.7. The first kappa shape index (κ1) is 15.9. The fourth-order valence-corrected chi connectivity index (χ4v) is 2.37. The van der Waals surface area contributed by atoms with Crippen molar-refractivity contribution in [2.75, 3.05) is 33.3 Å². The molecule has 0 saturated carbocycles. The van der Waals surface area contributed by atoms with Crippen LogP contribution in [0.15, 0.2) is 0 Å². The van der Waals surface area contributed by atoms with Crippen molar-refractivity contribution in [2.24, 2.45) is 5.92 Å². The van der Waals surface area contributed by atoms with Gasteiger partial charge in [-0.15, -0.1) is 0 Å². The molecular weight excluding hydrogens is 224 g/mol. The molecular formula is C15H32N2O. The lowest BCUT2D eigenvalue weighted by molar-refractivity contribution is -0.00744. The second-order valence-corrected chi connectivity index (χ2v) is 6.16. The van der Waals surface area contributed by atoms with Crippen molar-refractivity contribution in [3.63, 3.8) is 0 Å². The molecule has 0 bridgehead atoms. The number of hydrogen-bond acceptors (Lipinski definition) is 3. The Labute approximate surface area is 113 Å². The molecule has 0 aromatic carbocycles. The van der Waals surface area contributed by atoms with E-state index in [4.69, 9.17) is 4.74 Å². The van der Waals surface area contributed by atoms with Crippen molar-refractivity contribution in [3.8, 4) is 0 Å². The molecule has 3 heteroatoms. The highest BCUT2D eigenvalue weighted by molar-refractivity contribution is 4.72. The number of rotatable bonds is 8. The normalized spacial score (nSPS) is 22.7. The fraction of sp³-hybridized carbons (Fsp3) is 1.00. The van der Waals surface area contributed by atoms with Crippen LogP contribution in [0.5, 0.6) is 0 Å². The van der Waals surface area contributed by atoms with Crippen LogP contribution in [0, 0.1) is 5.92 Å². The molecule has 1 aliphatic heterocycles. The standard InChI is InChI=1S/C15H32N2O/c1-13(2)11-16-9-8-14(3)17(4)12-15-7-5-6-10-18-15/h13-16H,5-12H2,1-4H3. The van der Waals surface area contributed by atoms with Crippen molar-refractivity contribution in [1.82, 2.24) is 10.2 Å². The van der Waals surface area contributed by atoms with Crippen LogP contribution in [-0.2, 0) is 4.74 Å². The Morgan fingerprint density at radius 2 is 2.06 bits per heavy atom. The molecule has 1 saturated heterocycles. The molecule has 108 valence electrons. The van der Waals surface area contributed by atoms with Crippen molar-refractivity contribution in [1.29, 1.82) is 0 Å². The van der Waals surface area contributed by atoms with Gasteiger partial charge in [0.2, 0.25) is 0 Å². The van der Waals surface area contributed by atoms with Crippen molar-refractivity contribution >= 4 is 0 Å². The monoisotopic (exact) mass is 256 g/mol. The van der Waals surface area contributed by atoms with Crippen LogP contribution in [-0.4, -0.2) is 50.3 Å². The van der Waals surface area contributed by atoms with E-state index in [0.29, 0.717) is 12.1 Å². The number of nitrogens with one attached hydrogen (secondary N) is 1. The zero-order valence-electron chi connectivity index (χ0n) is 12.7. The lowest BCUT2D eigenvalue weighted by Crippen LogP contribution is -2.39. The van der Waals surface area contributed by atoms with Gasteiger partial charge in [-0.2, -0.15) is 0 Å². The number of nitrogens with zero attached hydrogens (tertiary/aromatic N) is 1. The molecule has 2 unspecified atom stereocenters. The maximum absolute atomic E-state index is 5.80. The highest BCUT2D eigenvalue weighted by Gasteiger charge is 2.18. The van der Waals surface area contributed by atoms with Gasteiger partial charge in [-0.3, -0.25) is 0 Å². The summed E-state index contributed by atoms with van der Waals surface area (Å²) in [5.74, 6) is 0.744. The summed E-state index contributed by atoms with van der Waals surface area (Å²) >= 11 is 0. The van der Waals surface area contributed by atoms with Gasteiger partial charge >= 0.3 is 0 Å². The lowest BCUT2D eigenvalue weighted by Gasteiger charge is -2.31. The van der Waals surface area contributed by atoms with Crippen LogP contribution in [0.25, 0.3) is 0 Å². The third-order valence-corrected chi connectivity index (χ3v) is 3.81. The Bertz CT molecular complexity index is 203. The molecule has 1 N–H and O–H groups in total. The molecule has 3 nitrogen and oxygen atoms in total. The maximum atomic E-state index is 5.80. The van der Waals surface area contributed by atoms with Gasteiger partial charge in [-0.05, 0) is 58.7 Å². The van der Waals surface area contributed by atoms with Crippen molar-refractivity contribution in [2.45, 2.75) is 58.6 Å². The molecule has 0 aromatic rings. The van der Waals surface area contributed by atoms with Gasteiger partial charge in [-0.25, -0.2) is 0 Å². The molecule has 0 amide bonds. The fourth-order valence-electron chi connectivity index (χ4n) is 2.37. The number of ether oxygens (including phenoxy) is 1. The van der Waals surface area contributed by atoms with Gasteiger partial charge in [-0.1, -0.05) is 13.8 Å². The first-order valence-corrected chi connectivity index (χ1v) is 7.62. The maximum Gasteiger partial charge on any atom is 0.0702 e. The van der Waals surface area contributed by atoms with Gasteiger partial charge in [0, 0.05) is 19.2 Å². The van der Waals surface area contributed by atoms with Crippen LogP contribution in [0.2, 0.25) is 0 Å². The summed E-state index contributed by atoms with van der Waals surface area (Å²) in [6.07, 6.45) is 5.51. The summed E-state index contributed by atoms with van der Waals surface area (Å²) in [7, 11) is 2.23. The van der Waals surface area contributed by atoms with Gasteiger partial charge < -0.3 is 15.0 Å². The summed E-state index contributed by atoms with van der Waals surface area (Å²) in [6, 6.07) is 0.634. The van der Waals surface area contributed by atoms with E-state index in [-0.39, 0.29) is 0 Å². The van der Waals surface area contributed by atoms with Crippen LogP contribution < -0.4 is 5.32 Å². The Kier molecular flexibility index (Phi) is 7.87. The van der Waals surface area contributed by atoms with Gasteiger partial charge in [0.15, 0.2) is 0 Å². The third-order valence-electron chi connectivity index (χ3n) is 3.81. The molecule has 0 spiro atoms. The first-order chi connectivity index (χ1) is 8.59. The molecule has 0 aliphatic carbocycles. The Morgan fingerprint density at radius 3 is 2.67 bits per heavy atom. The van der Waals surface area contributed by atoms with E-state index in [1.165, 1.54) is 25.7 Å². The molecule has 1 rings (SSSR count). The van der Waals surface area contributed by atoms with Gasteiger partial charge in [0.1, 0.15) is 0 Å². The van der Waals surface area contributed by atoms with E-state index < -0.39 is 0 Å². The van der Waals surface area contributed by atoms with E-state index in [1.807, 2.05) is 0 Å². The minimum Gasteiger partial charge on any atom is -0.377 e. The van der Waals surface area contributed by atoms with Crippen molar-refractivity contribution in [3.05, 3.63) is 0 Å². The Balaban J connectivity index is 2.09. The highest BCUT2D eigenvalue weighted by atomic mass is 16.5. The minimum absolute atomic E-state index is 0.467. The average molecular weight is 256 g/mol. The summed E-state index contributed by atoms with van der Waals surface area (Å²) in [4.78, 5) is 2.45. The van der Waals surface area contributed by atoms with Crippen molar-refractivity contribution < 1.29 is 4.74 Å². The van der Waals surface area contributed by atoms with Crippen LogP contribution in [0.4, 0.5) is 0 Å². The molecule has 2 atom stereocenters. The molecule has 1 aliphatic rings. The topological polar surface area (TPSA) is 24.5 Å². The third kappa shape index (κ3) is 6.72. The zero-order chi connectivity index (χ0) is 13.4. The summed E-state index contributed by atoms with van der Waals surface area (Å²) < 4.78 is 5.80. The summed E-state index contributed by atoms with van der Waals surface area (Å²) in [5.41, 5.74) is 0. The molecule has 0 radical (unpaired) electrons. The van der Waals surface area contributed by atoms with Gasteiger partial charge in [0.25, 0.3) is 0 Å². The van der Waals surface area contributed by atoms with E-state index in [0.717, 1.165) is 32.2 Å². The van der Waals surface area contributed by atoms with E-state index in [1.54, 1.807) is 0 Å². The SMILES string of the molecule is CC(C)CNCCC(C)N(C)CC1CCCCO1. The molecule has 0 aromatic heterocycles. The molecule has 18 heavy (non-hydrogen) atoms. The van der Waals surface area contributed by atoms with Crippen LogP contribution >= 0.6 is 0 Å². The van der Waals surface area contributed by atoms with Crippen LogP contribution in [0.1, 0.15) is 46.5 Å². The summed E-state index contributed by atoms with van der Waals surface area (Å²) in [5, 5.41) is 3.52. The molecule has 1 heterocycles. The quantitative estimate of drug-likeness (QED) is 0.675. The first-order valence-electron chi connectivity index (χ1n) is 7.62. The number of likely N-dealkylation sites (N-methyl/N-ethyl adjacent to an activating group) is 1. The largest absolute Gasteiger partial charge is 0.377 e. The predicted molar refractivity (Wildman–Crippen MR) is 78.0 cm³/mol. The van der Waals surface area contributed by atoms with E-state index in [2.05, 4.69) is 38.0 Å². The summed E-state index contributed by atoms with van der Waals surface area (Å²) in [6.45, 7) is 11.1. The van der Waals surface area contributed by atoms with Crippen LogP contribution in [0.3, 0.4) is 0 Å².